The Hall–Kier alpha value is -1.11. The van der Waals surface area contributed by atoms with E-state index in [-0.39, 0.29) is 16.8 Å². The number of amides is 1. The molecule has 0 aliphatic heterocycles. The Morgan fingerprint density at radius 1 is 1.30 bits per heavy atom. The van der Waals surface area contributed by atoms with Crippen molar-refractivity contribution in [1.82, 2.24) is 4.72 Å². The van der Waals surface area contributed by atoms with E-state index in [2.05, 4.69) is 10.0 Å². The van der Waals surface area contributed by atoms with Crippen molar-refractivity contribution in [2.75, 3.05) is 11.2 Å². The standard InChI is InChI=1S/C13H19ClN2O3S/c1-10(4-3-9-14)16-20(18,19)13-7-5-12(6-8-13)15-11(2)17/h5-8,10,16H,3-4,9H2,1-2H3,(H,15,17). The molecule has 1 unspecified atom stereocenters. The first-order valence-corrected chi connectivity index (χ1v) is 8.33. The number of carbonyl (C=O) groups excluding carboxylic acids is 1. The normalized spacial score (nSPS) is 12.9. The Bertz CT molecular complexity index is 543. The molecular formula is C13H19ClN2O3S. The van der Waals surface area contributed by atoms with Crippen molar-refractivity contribution in [2.45, 2.75) is 37.6 Å². The zero-order chi connectivity index (χ0) is 15.2. The first-order chi connectivity index (χ1) is 9.35. The summed E-state index contributed by atoms with van der Waals surface area (Å²) in [6.07, 6.45) is 1.44. The number of hydrogen-bond donors (Lipinski definition) is 2. The molecule has 1 aromatic rings. The highest BCUT2D eigenvalue weighted by Crippen LogP contribution is 2.15. The highest BCUT2D eigenvalue weighted by atomic mass is 35.5. The summed E-state index contributed by atoms with van der Waals surface area (Å²) in [6, 6.07) is 5.86. The second kappa shape index (κ2) is 7.61. The number of anilines is 1. The van der Waals surface area contributed by atoms with Crippen LogP contribution in [0.5, 0.6) is 0 Å². The summed E-state index contributed by atoms with van der Waals surface area (Å²) in [5.41, 5.74) is 0.562. The predicted octanol–water partition coefficient (Wildman–Crippen LogP) is 2.33. The van der Waals surface area contributed by atoms with Crippen molar-refractivity contribution < 1.29 is 13.2 Å². The zero-order valence-corrected chi connectivity index (χ0v) is 13.1. The molecule has 1 atom stereocenters. The van der Waals surface area contributed by atoms with Gasteiger partial charge >= 0.3 is 0 Å². The van der Waals surface area contributed by atoms with E-state index in [1.165, 1.54) is 19.1 Å². The molecule has 0 fully saturated rings. The van der Waals surface area contributed by atoms with Gasteiger partial charge in [-0.05, 0) is 44.0 Å². The lowest BCUT2D eigenvalue weighted by molar-refractivity contribution is -0.114. The maximum atomic E-state index is 12.1. The molecule has 0 aliphatic carbocycles. The van der Waals surface area contributed by atoms with Crippen molar-refractivity contribution >= 4 is 33.2 Å². The van der Waals surface area contributed by atoms with Crippen LogP contribution in [0.25, 0.3) is 0 Å². The first kappa shape index (κ1) is 16.9. The monoisotopic (exact) mass is 318 g/mol. The Labute approximate surface area is 124 Å². The largest absolute Gasteiger partial charge is 0.326 e. The summed E-state index contributed by atoms with van der Waals surface area (Å²) in [6.45, 7) is 3.19. The van der Waals surface area contributed by atoms with Gasteiger partial charge in [-0.25, -0.2) is 13.1 Å². The van der Waals surface area contributed by atoms with E-state index < -0.39 is 10.0 Å². The van der Waals surface area contributed by atoms with Crippen LogP contribution < -0.4 is 10.0 Å². The van der Waals surface area contributed by atoms with Crippen LogP contribution in [0.3, 0.4) is 0 Å². The maximum absolute atomic E-state index is 12.1. The molecule has 20 heavy (non-hydrogen) atoms. The van der Waals surface area contributed by atoms with Crippen molar-refractivity contribution in [2.24, 2.45) is 0 Å². The Balaban J connectivity index is 2.74. The topological polar surface area (TPSA) is 75.3 Å². The molecule has 2 N–H and O–H groups in total. The molecule has 1 rings (SSSR count). The van der Waals surface area contributed by atoms with Gasteiger partial charge in [0.1, 0.15) is 0 Å². The lowest BCUT2D eigenvalue weighted by Gasteiger charge is -2.13. The lowest BCUT2D eigenvalue weighted by Crippen LogP contribution is -2.32. The molecule has 0 saturated carbocycles. The highest BCUT2D eigenvalue weighted by Gasteiger charge is 2.16. The highest BCUT2D eigenvalue weighted by molar-refractivity contribution is 7.89. The third-order valence-electron chi connectivity index (χ3n) is 2.61. The van der Waals surface area contributed by atoms with Gasteiger partial charge < -0.3 is 5.32 Å². The number of halogens is 1. The smallest absolute Gasteiger partial charge is 0.240 e. The average molecular weight is 319 g/mol. The lowest BCUT2D eigenvalue weighted by atomic mass is 10.2. The van der Waals surface area contributed by atoms with Crippen LogP contribution in [0.2, 0.25) is 0 Å². The van der Waals surface area contributed by atoms with Crippen molar-refractivity contribution in [1.29, 1.82) is 0 Å². The summed E-state index contributed by atoms with van der Waals surface area (Å²) in [7, 11) is -3.54. The molecule has 5 nitrogen and oxygen atoms in total. The molecule has 112 valence electrons. The average Bonchev–Trinajstić information content (AvgIpc) is 2.35. The van der Waals surface area contributed by atoms with Crippen molar-refractivity contribution in [3.8, 4) is 0 Å². The second-order valence-corrected chi connectivity index (χ2v) is 6.65. The number of carbonyl (C=O) groups is 1. The molecule has 0 radical (unpaired) electrons. The van der Waals surface area contributed by atoms with Crippen molar-refractivity contribution in [3.05, 3.63) is 24.3 Å². The van der Waals surface area contributed by atoms with E-state index in [1.807, 2.05) is 0 Å². The van der Waals surface area contributed by atoms with Gasteiger partial charge in [-0.1, -0.05) is 0 Å². The minimum Gasteiger partial charge on any atom is -0.326 e. The SMILES string of the molecule is CC(=O)Nc1ccc(S(=O)(=O)NC(C)CCCCl)cc1. The van der Waals surface area contributed by atoms with E-state index >= 15 is 0 Å². The van der Waals surface area contributed by atoms with Gasteiger partial charge in [0.15, 0.2) is 0 Å². The molecular weight excluding hydrogens is 300 g/mol. The van der Waals surface area contributed by atoms with Gasteiger partial charge in [-0.3, -0.25) is 4.79 Å². The minimum absolute atomic E-state index is 0.171. The summed E-state index contributed by atoms with van der Waals surface area (Å²) in [5, 5.41) is 2.58. The number of sulfonamides is 1. The molecule has 0 saturated heterocycles. The fraction of sp³-hybridized carbons (Fsp3) is 0.462. The van der Waals surface area contributed by atoms with Gasteiger partial charge in [0.2, 0.25) is 15.9 Å². The number of benzene rings is 1. The number of alkyl halides is 1. The van der Waals surface area contributed by atoms with Crippen LogP contribution in [0, 0.1) is 0 Å². The fourth-order valence-electron chi connectivity index (χ4n) is 1.70. The summed E-state index contributed by atoms with van der Waals surface area (Å²) in [5.74, 6) is 0.311. The maximum Gasteiger partial charge on any atom is 0.240 e. The number of rotatable bonds is 7. The molecule has 7 heteroatoms. The molecule has 0 spiro atoms. The van der Waals surface area contributed by atoms with E-state index in [0.29, 0.717) is 18.0 Å². The van der Waals surface area contributed by atoms with E-state index in [0.717, 1.165) is 6.42 Å². The van der Waals surface area contributed by atoms with Crippen LogP contribution in [0.1, 0.15) is 26.7 Å². The van der Waals surface area contributed by atoms with Gasteiger partial charge in [0.25, 0.3) is 0 Å². The first-order valence-electron chi connectivity index (χ1n) is 6.31. The molecule has 1 aromatic carbocycles. The summed E-state index contributed by atoms with van der Waals surface area (Å²) in [4.78, 5) is 11.1. The number of nitrogens with one attached hydrogen (secondary N) is 2. The minimum atomic E-state index is -3.54. The third kappa shape index (κ3) is 5.48. The molecule has 0 heterocycles. The van der Waals surface area contributed by atoms with Gasteiger partial charge in [-0.15, -0.1) is 11.6 Å². The van der Waals surface area contributed by atoms with Gasteiger partial charge in [0, 0.05) is 24.5 Å². The Kier molecular flexibility index (Phi) is 6.45. The quantitative estimate of drug-likeness (QED) is 0.758. The van der Waals surface area contributed by atoms with Crippen LogP contribution in [-0.4, -0.2) is 26.2 Å². The van der Waals surface area contributed by atoms with Crippen LogP contribution in [0.4, 0.5) is 5.69 Å². The van der Waals surface area contributed by atoms with E-state index in [1.54, 1.807) is 19.1 Å². The molecule has 0 bridgehead atoms. The summed E-state index contributed by atoms with van der Waals surface area (Å²) < 4.78 is 26.8. The van der Waals surface area contributed by atoms with Gasteiger partial charge in [-0.2, -0.15) is 0 Å². The molecule has 0 aromatic heterocycles. The van der Waals surface area contributed by atoms with Gasteiger partial charge in [0.05, 0.1) is 4.90 Å². The third-order valence-corrected chi connectivity index (χ3v) is 4.48. The Morgan fingerprint density at radius 2 is 1.90 bits per heavy atom. The van der Waals surface area contributed by atoms with Crippen LogP contribution >= 0.6 is 11.6 Å². The Morgan fingerprint density at radius 3 is 2.40 bits per heavy atom. The van der Waals surface area contributed by atoms with E-state index in [9.17, 15) is 13.2 Å². The van der Waals surface area contributed by atoms with E-state index in [4.69, 9.17) is 11.6 Å². The number of hydrogen-bond acceptors (Lipinski definition) is 3. The van der Waals surface area contributed by atoms with Crippen LogP contribution in [0.15, 0.2) is 29.2 Å². The zero-order valence-electron chi connectivity index (χ0n) is 11.5. The van der Waals surface area contributed by atoms with Crippen molar-refractivity contribution in [3.63, 3.8) is 0 Å². The summed E-state index contributed by atoms with van der Waals surface area (Å²) >= 11 is 5.58. The molecule has 0 aliphatic rings. The van der Waals surface area contributed by atoms with Crippen LogP contribution in [-0.2, 0) is 14.8 Å². The fourth-order valence-corrected chi connectivity index (χ4v) is 3.13. The second-order valence-electron chi connectivity index (χ2n) is 4.56. The molecule has 1 amide bonds. The predicted molar refractivity (Wildman–Crippen MR) is 80.5 cm³/mol.